The van der Waals surface area contributed by atoms with Crippen LogP contribution in [0.2, 0.25) is 5.02 Å². The molecule has 0 spiro atoms. The van der Waals surface area contributed by atoms with Gasteiger partial charge in [0.25, 0.3) is 0 Å². The third kappa shape index (κ3) is 3.48. The summed E-state index contributed by atoms with van der Waals surface area (Å²) in [4.78, 5) is 0. The molecule has 1 heterocycles. The molecule has 1 aromatic heterocycles. The average molecular weight is 318 g/mol. The Kier molecular flexibility index (Phi) is 4.46. The summed E-state index contributed by atoms with van der Waals surface area (Å²) < 4.78 is 31.7. The third-order valence-electron chi connectivity index (χ3n) is 2.47. The Morgan fingerprint density at radius 3 is 2.74 bits per heavy atom. The highest BCUT2D eigenvalue weighted by Crippen LogP contribution is 2.23. The van der Waals surface area contributed by atoms with Crippen LogP contribution in [-0.4, -0.2) is 15.5 Å². The van der Waals surface area contributed by atoms with Crippen molar-refractivity contribution in [2.24, 2.45) is 0 Å². The van der Waals surface area contributed by atoms with Crippen molar-refractivity contribution in [2.75, 3.05) is 7.11 Å². The maximum absolute atomic E-state index is 11.9. The largest absolute Gasteiger partial charge is 0.497 e. The smallest absolute Gasteiger partial charge is 0.250 e. The zero-order valence-corrected chi connectivity index (χ0v) is 12.5. The monoisotopic (exact) mass is 317 g/mol. The van der Waals surface area contributed by atoms with Crippen molar-refractivity contribution in [1.29, 1.82) is 0 Å². The molecule has 4 nitrogen and oxygen atoms in total. The molecule has 0 bridgehead atoms. The molecule has 0 saturated carbocycles. The summed E-state index contributed by atoms with van der Waals surface area (Å²) in [6.45, 7) is 0.142. The highest BCUT2D eigenvalue weighted by atomic mass is 35.5. The molecule has 0 aliphatic carbocycles. The minimum absolute atomic E-state index is 0.142. The number of methoxy groups -OCH3 is 1. The van der Waals surface area contributed by atoms with Crippen LogP contribution in [0, 0.1) is 0 Å². The van der Waals surface area contributed by atoms with E-state index >= 15 is 0 Å². The molecule has 0 fully saturated rings. The van der Waals surface area contributed by atoms with Crippen molar-refractivity contribution in [2.45, 2.75) is 10.8 Å². The van der Waals surface area contributed by atoms with Gasteiger partial charge < -0.3 is 4.74 Å². The van der Waals surface area contributed by atoms with Gasteiger partial charge >= 0.3 is 0 Å². The van der Waals surface area contributed by atoms with E-state index in [1.165, 1.54) is 11.3 Å². The molecular weight excluding hydrogens is 306 g/mol. The summed E-state index contributed by atoms with van der Waals surface area (Å²) in [7, 11) is -1.92. The number of halogens is 1. The number of sulfonamides is 1. The van der Waals surface area contributed by atoms with E-state index in [4.69, 9.17) is 16.3 Å². The van der Waals surface area contributed by atoms with Crippen molar-refractivity contribution in [1.82, 2.24) is 4.72 Å². The third-order valence-corrected chi connectivity index (χ3v) is 5.62. The van der Waals surface area contributed by atoms with Crippen LogP contribution in [0.1, 0.15) is 5.56 Å². The molecule has 19 heavy (non-hydrogen) atoms. The Balaban J connectivity index is 2.11. The molecule has 0 amide bonds. The molecule has 0 aliphatic rings. The first kappa shape index (κ1) is 14.3. The van der Waals surface area contributed by atoms with Gasteiger partial charge in [-0.25, -0.2) is 13.1 Å². The standard InChI is InChI=1S/C12H12ClNO3S2/c1-17-10-5-4-9(11(13)7-10)8-14-19(15,16)12-3-2-6-18-12/h2-7,14H,8H2,1H3. The number of ether oxygens (including phenoxy) is 1. The van der Waals surface area contributed by atoms with Crippen LogP contribution in [-0.2, 0) is 16.6 Å². The van der Waals surface area contributed by atoms with Gasteiger partial charge in [0.1, 0.15) is 9.96 Å². The Morgan fingerprint density at radius 2 is 2.16 bits per heavy atom. The first-order valence-corrected chi connectivity index (χ1v) is 8.12. The highest BCUT2D eigenvalue weighted by Gasteiger charge is 2.15. The van der Waals surface area contributed by atoms with Crippen LogP contribution in [0.15, 0.2) is 39.9 Å². The van der Waals surface area contributed by atoms with Crippen LogP contribution in [0.4, 0.5) is 0 Å². The van der Waals surface area contributed by atoms with E-state index in [0.717, 1.165) is 0 Å². The number of hydrogen-bond acceptors (Lipinski definition) is 4. The van der Waals surface area contributed by atoms with Crippen LogP contribution in [0.5, 0.6) is 5.75 Å². The molecule has 1 aromatic carbocycles. The van der Waals surface area contributed by atoms with Gasteiger partial charge in [0.2, 0.25) is 10.0 Å². The average Bonchev–Trinajstić information content (AvgIpc) is 2.92. The molecule has 0 radical (unpaired) electrons. The minimum Gasteiger partial charge on any atom is -0.497 e. The topological polar surface area (TPSA) is 55.4 Å². The predicted octanol–water partition coefficient (Wildman–Crippen LogP) is 2.89. The van der Waals surface area contributed by atoms with Crippen LogP contribution in [0.3, 0.4) is 0 Å². The van der Waals surface area contributed by atoms with E-state index in [0.29, 0.717) is 16.3 Å². The summed E-state index contributed by atoms with van der Waals surface area (Å²) in [5, 5.41) is 2.18. The maximum Gasteiger partial charge on any atom is 0.250 e. The summed E-state index contributed by atoms with van der Waals surface area (Å²) in [5.41, 5.74) is 0.697. The van der Waals surface area contributed by atoms with Gasteiger partial charge in [0, 0.05) is 11.6 Å². The van der Waals surface area contributed by atoms with Gasteiger partial charge in [0.15, 0.2) is 0 Å². The highest BCUT2D eigenvalue weighted by molar-refractivity contribution is 7.91. The van der Waals surface area contributed by atoms with Crippen LogP contribution >= 0.6 is 22.9 Å². The summed E-state index contributed by atoms with van der Waals surface area (Å²) in [5.74, 6) is 0.634. The summed E-state index contributed by atoms with van der Waals surface area (Å²) >= 11 is 7.22. The van der Waals surface area contributed by atoms with Gasteiger partial charge in [-0.05, 0) is 29.1 Å². The summed E-state index contributed by atoms with van der Waals surface area (Å²) in [6, 6.07) is 8.37. The SMILES string of the molecule is COc1ccc(CNS(=O)(=O)c2cccs2)c(Cl)c1. The van der Waals surface area contributed by atoms with Gasteiger partial charge in [-0.2, -0.15) is 0 Å². The Bertz CT molecular complexity index is 654. The quantitative estimate of drug-likeness (QED) is 0.922. The first-order valence-electron chi connectivity index (χ1n) is 5.38. The number of rotatable bonds is 5. The lowest BCUT2D eigenvalue weighted by Crippen LogP contribution is -2.22. The summed E-state index contributed by atoms with van der Waals surface area (Å²) in [6.07, 6.45) is 0. The minimum atomic E-state index is -3.47. The molecule has 1 N–H and O–H groups in total. The molecule has 0 saturated heterocycles. The van der Waals surface area contributed by atoms with Crippen LogP contribution in [0.25, 0.3) is 0 Å². The van der Waals surface area contributed by atoms with Crippen LogP contribution < -0.4 is 9.46 Å². The predicted molar refractivity (Wildman–Crippen MR) is 76.3 cm³/mol. The lowest BCUT2D eigenvalue weighted by Gasteiger charge is -2.08. The number of hydrogen-bond donors (Lipinski definition) is 1. The zero-order chi connectivity index (χ0) is 13.9. The van der Waals surface area contributed by atoms with Gasteiger partial charge in [0.05, 0.1) is 7.11 Å². The van der Waals surface area contributed by atoms with E-state index in [2.05, 4.69) is 4.72 Å². The zero-order valence-electron chi connectivity index (χ0n) is 10.1. The first-order chi connectivity index (χ1) is 9.03. The fourth-order valence-electron chi connectivity index (χ4n) is 1.46. The fourth-order valence-corrected chi connectivity index (χ4v) is 3.74. The fraction of sp³-hybridized carbons (Fsp3) is 0.167. The van der Waals surface area contributed by atoms with E-state index in [-0.39, 0.29) is 10.8 Å². The Labute approximate surface area is 121 Å². The number of benzene rings is 1. The molecule has 0 unspecified atom stereocenters. The normalized spacial score (nSPS) is 11.5. The van der Waals surface area contributed by atoms with E-state index in [1.807, 2.05) is 0 Å². The molecule has 0 atom stereocenters. The van der Waals surface area contributed by atoms with Crippen molar-refractivity contribution < 1.29 is 13.2 Å². The lowest BCUT2D eigenvalue weighted by atomic mass is 10.2. The molecule has 7 heteroatoms. The van der Waals surface area contributed by atoms with E-state index in [1.54, 1.807) is 42.8 Å². The van der Waals surface area contributed by atoms with E-state index < -0.39 is 10.0 Å². The second-order valence-corrected chi connectivity index (χ2v) is 7.06. The molecular formula is C12H12ClNO3S2. The van der Waals surface area contributed by atoms with Crippen molar-refractivity contribution in [3.8, 4) is 5.75 Å². The molecule has 2 aromatic rings. The van der Waals surface area contributed by atoms with Crippen molar-refractivity contribution >= 4 is 33.0 Å². The van der Waals surface area contributed by atoms with Crippen molar-refractivity contribution in [3.63, 3.8) is 0 Å². The van der Waals surface area contributed by atoms with Crippen molar-refractivity contribution in [3.05, 3.63) is 46.3 Å². The number of thiophene rings is 1. The Morgan fingerprint density at radius 1 is 1.37 bits per heavy atom. The van der Waals surface area contributed by atoms with Gasteiger partial charge in [-0.15, -0.1) is 11.3 Å². The lowest BCUT2D eigenvalue weighted by molar-refractivity contribution is 0.414. The molecule has 0 aliphatic heterocycles. The molecule has 2 rings (SSSR count). The second kappa shape index (κ2) is 5.92. The number of nitrogens with one attached hydrogen (secondary N) is 1. The second-order valence-electron chi connectivity index (χ2n) is 3.71. The van der Waals surface area contributed by atoms with Gasteiger partial charge in [-0.3, -0.25) is 0 Å². The maximum atomic E-state index is 11.9. The van der Waals surface area contributed by atoms with E-state index in [9.17, 15) is 8.42 Å². The Hall–Kier alpha value is -1.08. The molecule has 102 valence electrons. The van der Waals surface area contributed by atoms with Gasteiger partial charge in [-0.1, -0.05) is 23.7 Å².